The average molecular weight is 334 g/mol. The van der Waals surface area contributed by atoms with Crippen molar-refractivity contribution in [2.75, 3.05) is 6.61 Å². The van der Waals surface area contributed by atoms with Crippen molar-refractivity contribution in [1.82, 2.24) is 0 Å². The standard InChI is InChI=1S/C17H19O3PS/c1-2-14-8-9-17-16(12-14)13-19-21(22,20-17)18-11-10-15-6-4-3-5-7-15/h3-9,12H,2,10-11,13H2,1H3. The van der Waals surface area contributed by atoms with Gasteiger partial charge in [-0.05, 0) is 36.1 Å². The SMILES string of the molecule is CCc1ccc2c(c1)COP(=S)(OCCc1ccccc1)O2. The van der Waals surface area contributed by atoms with E-state index in [1.807, 2.05) is 24.3 Å². The van der Waals surface area contributed by atoms with Crippen molar-refractivity contribution in [3.8, 4) is 5.75 Å². The second-order valence-corrected chi connectivity index (χ2v) is 8.11. The molecule has 1 unspecified atom stereocenters. The summed E-state index contributed by atoms with van der Waals surface area (Å²) in [5.41, 5.74) is 3.53. The van der Waals surface area contributed by atoms with E-state index in [2.05, 4.69) is 31.2 Å². The van der Waals surface area contributed by atoms with E-state index < -0.39 is 6.72 Å². The van der Waals surface area contributed by atoms with E-state index in [9.17, 15) is 0 Å². The average Bonchev–Trinajstić information content (AvgIpc) is 2.55. The largest absolute Gasteiger partial charge is 0.424 e. The van der Waals surface area contributed by atoms with Crippen molar-refractivity contribution in [3.63, 3.8) is 0 Å². The van der Waals surface area contributed by atoms with Gasteiger partial charge in [-0.1, -0.05) is 43.3 Å². The lowest BCUT2D eigenvalue weighted by molar-refractivity contribution is 0.180. The topological polar surface area (TPSA) is 27.7 Å². The van der Waals surface area contributed by atoms with Gasteiger partial charge in [-0.25, -0.2) is 0 Å². The minimum atomic E-state index is -2.67. The Kier molecular flexibility index (Phi) is 4.94. The lowest BCUT2D eigenvalue weighted by Gasteiger charge is -2.28. The quantitative estimate of drug-likeness (QED) is 0.745. The zero-order chi connectivity index (χ0) is 15.4. The van der Waals surface area contributed by atoms with Crippen LogP contribution in [0.3, 0.4) is 0 Å². The Morgan fingerprint density at radius 1 is 1.14 bits per heavy atom. The highest BCUT2D eigenvalue weighted by molar-refractivity contribution is 8.07. The number of aryl methyl sites for hydroxylation is 1. The highest BCUT2D eigenvalue weighted by atomic mass is 32.5. The summed E-state index contributed by atoms with van der Waals surface area (Å²) in [6.45, 7) is 0.423. The molecule has 0 aromatic heterocycles. The minimum Gasteiger partial charge on any atom is -0.424 e. The molecule has 0 saturated heterocycles. The summed E-state index contributed by atoms with van der Waals surface area (Å²) in [6, 6.07) is 16.3. The molecule has 3 rings (SSSR count). The zero-order valence-corrected chi connectivity index (χ0v) is 14.2. The van der Waals surface area contributed by atoms with E-state index in [0.29, 0.717) is 13.2 Å². The molecule has 2 aromatic rings. The predicted octanol–water partition coefficient (Wildman–Crippen LogP) is 4.64. The molecule has 2 aromatic carbocycles. The van der Waals surface area contributed by atoms with Gasteiger partial charge in [0.15, 0.2) is 0 Å². The molecule has 0 bridgehead atoms. The van der Waals surface area contributed by atoms with Gasteiger partial charge in [0.25, 0.3) is 0 Å². The van der Waals surface area contributed by atoms with Crippen LogP contribution in [0, 0.1) is 0 Å². The van der Waals surface area contributed by atoms with Crippen molar-refractivity contribution >= 4 is 18.5 Å². The predicted molar refractivity (Wildman–Crippen MR) is 91.6 cm³/mol. The first kappa shape index (κ1) is 15.7. The molecule has 0 amide bonds. The fraction of sp³-hybridized carbons (Fsp3) is 0.294. The van der Waals surface area contributed by atoms with Crippen molar-refractivity contribution in [3.05, 3.63) is 65.2 Å². The summed E-state index contributed by atoms with van der Waals surface area (Å²) < 4.78 is 17.3. The number of benzene rings is 2. The Bertz CT molecular complexity index is 688. The van der Waals surface area contributed by atoms with Gasteiger partial charge in [0.05, 0.1) is 13.2 Å². The van der Waals surface area contributed by atoms with Crippen LogP contribution >= 0.6 is 6.72 Å². The van der Waals surface area contributed by atoms with Crippen molar-refractivity contribution in [1.29, 1.82) is 0 Å². The third kappa shape index (κ3) is 3.76. The Morgan fingerprint density at radius 3 is 2.73 bits per heavy atom. The first-order valence-electron chi connectivity index (χ1n) is 7.43. The van der Waals surface area contributed by atoms with Gasteiger partial charge in [0.1, 0.15) is 5.75 Å². The van der Waals surface area contributed by atoms with E-state index in [4.69, 9.17) is 25.4 Å². The fourth-order valence-corrected chi connectivity index (χ4v) is 4.17. The van der Waals surface area contributed by atoms with Gasteiger partial charge in [0.2, 0.25) is 0 Å². The molecule has 0 radical (unpaired) electrons. The van der Waals surface area contributed by atoms with Gasteiger partial charge in [-0.15, -0.1) is 0 Å². The Balaban J connectivity index is 1.61. The van der Waals surface area contributed by atoms with Crippen LogP contribution in [0.2, 0.25) is 0 Å². The Hall–Kier alpha value is -1.19. The zero-order valence-electron chi connectivity index (χ0n) is 12.5. The highest BCUT2D eigenvalue weighted by Gasteiger charge is 2.29. The molecule has 1 atom stereocenters. The molecule has 0 spiro atoms. The van der Waals surface area contributed by atoms with Crippen LogP contribution in [0.5, 0.6) is 5.75 Å². The van der Waals surface area contributed by atoms with Crippen LogP contribution in [0.25, 0.3) is 0 Å². The minimum absolute atomic E-state index is 0.464. The summed E-state index contributed by atoms with van der Waals surface area (Å²) in [4.78, 5) is 0. The van der Waals surface area contributed by atoms with Crippen LogP contribution in [0.4, 0.5) is 0 Å². The van der Waals surface area contributed by atoms with Crippen LogP contribution < -0.4 is 4.52 Å². The summed E-state index contributed by atoms with van der Waals surface area (Å²) in [5.74, 6) is 0.798. The number of hydrogen-bond donors (Lipinski definition) is 0. The maximum absolute atomic E-state index is 5.84. The van der Waals surface area contributed by atoms with Gasteiger partial charge < -0.3 is 4.52 Å². The van der Waals surface area contributed by atoms with Crippen molar-refractivity contribution in [2.45, 2.75) is 26.4 Å². The molecule has 1 aliphatic heterocycles. The summed E-state index contributed by atoms with van der Waals surface area (Å²) in [6.07, 6.45) is 1.79. The molecule has 1 heterocycles. The monoisotopic (exact) mass is 334 g/mol. The lowest BCUT2D eigenvalue weighted by atomic mass is 10.1. The second-order valence-electron chi connectivity index (χ2n) is 5.18. The van der Waals surface area contributed by atoms with E-state index >= 15 is 0 Å². The fourth-order valence-electron chi connectivity index (χ4n) is 2.33. The van der Waals surface area contributed by atoms with Crippen molar-refractivity contribution < 1.29 is 13.6 Å². The van der Waals surface area contributed by atoms with Crippen LogP contribution in [-0.2, 0) is 40.3 Å². The third-order valence-electron chi connectivity index (χ3n) is 3.60. The normalized spacial score (nSPS) is 20.2. The van der Waals surface area contributed by atoms with Gasteiger partial charge in [0, 0.05) is 17.4 Å². The maximum Gasteiger partial charge on any atom is 0.380 e. The molecule has 5 heteroatoms. The lowest BCUT2D eigenvalue weighted by Crippen LogP contribution is -2.11. The van der Waals surface area contributed by atoms with E-state index in [1.54, 1.807) is 0 Å². The molecule has 0 fully saturated rings. The van der Waals surface area contributed by atoms with E-state index in [1.165, 1.54) is 11.1 Å². The summed E-state index contributed by atoms with van der Waals surface area (Å²) in [7, 11) is 0. The molecule has 1 aliphatic rings. The Morgan fingerprint density at radius 2 is 1.95 bits per heavy atom. The number of rotatable bonds is 5. The molecule has 0 N–H and O–H groups in total. The van der Waals surface area contributed by atoms with Crippen LogP contribution in [0.15, 0.2) is 48.5 Å². The van der Waals surface area contributed by atoms with Crippen LogP contribution in [-0.4, -0.2) is 6.61 Å². The molecule has 22 heavy (non-hydrogen) atoms. The second kappa shape index (κ2) is 6.93. The van der Waals surface area contributed by atoms with Crippen LogP contribution in [0.1, 0.15) is 23.6 Å². The van der Waals surface area contributed by atoms with E-state index in [0.717, 1.165) is 24.2 Å². The highest BCUT2D eigenvalue weighted by Crippen LogP contribution is 2.54. The Labute approximate surface area is 136 Å². The molecule has 3 nitrogen and oxygen atoms in total. The molecular weight excluding hydrogens is 315 g/mol. The molecule has 116 valence electrons. The molecule has 0 aliphatic carbocycles. The smallest absolute Gasteiger partial charge is 0.380 e. The third-order valence-corrected chi connectivity index (χ3v) is 5.82. The number of fused-ring (bicyclic) bond motifs is 1. The molecular formula is C17H19O3PS. The van der Waals surface area contributed by atoms with Gasteiger partial charge in [-0.3, -0.25) is 9.05 Å². The van der Waals surface area contributed by atoms with Crippen molar-refractivity contribution in [2.24, 2.45) is 0 Å². The first-order chi connectivity index (χ1) is 10.7. The number of hydrogen-bond acceptors (Lipinski definition) is 4. The van der Waals surface area contributed by atoms with E-state index in [-0.39, 0.29) is 0 Å². The summed E-state index contributed by atoms with van der Waals surface area (Å²) in [5, 5.41) is 0. The first-order valence-corrected chi connectivity index (χ1v) is 9.98. The van der Waals surface area contributed by atoms with Gasteiger partial charge in [-0.2, -0.15) is 0 Å². The maximum atomic E-state index is 5.84. The van der Waals surface area contributed by atoms with Gasteiger partial charge >= 0.3 is 6.72 Å². The molecule has 0 saturated carbocycles. The summed E-state index contributed by atoms with van der Waals surface area (Å²) >= 11 is 5.45.